The summed E-state index contributed by atoms with van der Waals surface area (Å²) in [6.07, 6.45) is 1.86. The van der Waals surface area contributed by atoms with Crippen LogP contribution in [0, 0.1) is 0 Å². The first-order valence-corrected chi connectivity index (χ1v) is 11.1. The minimum Gasteiger partial charge on any atom is -0.324 e. The summed E-state index contributed by atoms with van der Waals surface area (Å²) < 4.78 is 27.2. The Kier molecular flexibility index (Phi) is 5.14. The highest BCUT2D eigenvalue weighted by Crippen LogP contribution is 2.33. The molecule has 1 N–H and O–H groups in total. The molecule has 2 aromatic carbocycles. The maximum Gasteiger partial charge on any atom is 0.258 e. The van der Waals surface area contributed by atoms with Crippen molar-refractivity contribution in [3.8, 4) is 0 Å². The molecule has 0 unspecified atom stereocenters. The summed E-state index contributed by atoms with van der Waals surface area (Å²) in [5.74, 6) is -0.495. The molecule has 2 aliphatic rings. The Morgan fingerprint density at radius 1 is 1.07 bits per heavy atom. The number of fused-ring (bicyclic) bond motifs is 1. The van der Waals surface area contributed by atoms with Gasteiger partial charge in [-0.25, -0.2) is 8.42 Å². The minimum atomic E-state index is -3.62. The van der Waals surface area contributed by atoms with Gasteiger partial charge >= 0.3 is 0 Å². The molecular formula is C21H23N3O4S. The Morgan fingerprint density at radius 3 is 2.55 bits per heavy atom. The normalized spacial score (nSPS) is 20.1. The molecule has 2 aliphatic heterocycles. The number of carbonyl (C=O) groups is 2. The highest BCUT2D eigenvalue weighted by molar-refractivity contribution is 7.89. The zero-order chi connectivity index (χ0) is 20.6. The Labute approximate surface area is 170 Å². The molecule has 2 heterocycles. The van der Waals surface area contributed by atoms with Crippen LogP contribution in [-0.2, 0) is 14.8 Å². The van der Waals surface area contributed by atoms with Gasteiger partial charge in [0, 0.05) is 31.1 Å². The number of para-hydroxylation sites is 2. The largest absolute Gasteiger partial charge is 0.324 e. The molecule has 2 aromatic rings. The number of hydrogen-bond donors (Lipinski definition) is 1. The molecule has 0 bridgehead atoms. The quantitative estimate of drug-likeness (QED) is 0.838. The number of amides is 2. The zero-order valence-electron chi connectivity index (χ0n) is 16.2. The van der Waals surface area contributed by atoms with Crippen LogP contribution >= 0.6 is 0 Å². The second-order valence-electron chi connectivity index (χ2n) is 7.43. The van der Waals surface area contributed by atoms with Crippen LogP contribution in [0.2, 0.25) is 0 Å². The van der Waals surface area contributed by atoms with Gasteiger partial charge in [-0.15, -0.1) is 0 Å². The Bertz CT molecular complexity index is 1060. The smallest absolute Gasteiger partial charge is 0.258 e. The monoisotopic (exact) mass is 413 g/mol. The summed E-state index contributed by atoms with van der Waals surface area (Å²) in [5, 5.41) is 2.83. The fraction of sp³-hybridized carbons (Fsp3) is 0.333. The zero-order valence-corrected chi connectivity index (χ0v) is 17.0. The Hall–Kier alpha value is -2.71. The minimum absolute atomic E-state index is 0.121. The fourth-order valence-electron chi connectivity index (χ4n) is 3.90. The molecule has 0 aromatic heterocycles. The molecule has 1 fully saturated rings. The van der Waals surface area contributed by atoms with E-state index in [9.17, 15) is 18.0 Å². The van der Waals surface area contributed by atoms with Crippen LogP contribution in [0.3, 0.4) is 0 Å². The summed E-state index contributed by atoms with van der Waals surface area (Å²) in [7, 11) is -3.62. The SMILES string of the molecule is C[C@H]1CC(=O)Nc2ccccc2N1C(=O)c1cccc(S(=O)(=O)N2CCCC2)c1. The predicted molar refractivity (Wildman–Crippen MR) is 110 cm³/mol. The van der Waals surface area contributed by atoms with E-state index in [4.69, 9.17) is 0 Å². The van der Waals surface area contributed by atoms with Crippen molar-refractivity contribution in [2.24, 2.45) is 0 Å². The molecule has 0 saturated carbocycles. The van der Waals surface area contributed by atoms with Gasteiger partial charge in [-0.2, -0.15) is 4.31 Å². The van der Waals surface area contributed by atoms with Crippen molar-refractivity contribution in [1.29, 1.82) is 0 Å². The van der Waals surface area contributed by atoms with Crippen LogP contribution in [0.15, 0.2) is 53.4 Å². The molecule has 1 saturated heterocycles. The molecule has 2 amide bonds. The molecule has 152 valence electrons. The number of nitrogens with one attached hydrogen (secondary N) is 1. The molecule has 8 heteroatoms. The van der Waals surface area contributed by atoms with Crippen molar-refractivity contribution in [2.75, 3.05) is 23.3 Å². The third-order valence-electron chi connectivity index (χ3n) is 5.36. The number of carbonyl (C=O) groups excluding carboxylic acids is 2. The van der Waals surface area contributed by atoms with Crippen molar-refractivity contribution < 1.29 is 18.0 Å². The van der Waals surface area contributed by atoms with Crippen molar-refractivity contribution in [2.45, 2.75) is 37.1 Å². The van der Waals surface area contributed by atoms with Crippen LogP contribution in [0.5, 0.6) is 0 Å². The van der Waals surface area contributed by atoms with E-state index in [-0.39, 0.29) is 34.7 Å². The first-order chi connectivity index (χ1) is 13.9. The van der Waals surface area contributed by atoms with E-state index in [1.807, 2.05) is 6.92 Å². The molecule has 1 atom stereocenters. The molecule has 0 spiro atoms. The van der Waals surface area contributed by atoms with Gasteiger partial charge in [0.15, 0.2) is 0 Å². The maximum absolute atomic E-state index is 13.4. The maximum atomic E-state index is 13.4. The van der Waals surface area contributed by atoms with Gasteiger partial charge in [0.1, 0.15) is 0 Å². The second kappa shape index (κ2) is 7.61. The van der Waals surface area contributed by atoms with E-state index < -0.39 is 10.0 Å². The lowest BCUT2D eigenvalue weighted by molar-refractivity contribution is -0.116. The number of benzene rings is 2. The number of nitrogens with zero attached hydrogens (tertiary/aromatic N) is 2. The van der Waals surface area contributed by atoms with Crippen molar-refractivity contribution in [3.05, 3.63) is 54.1 Å². The van der Waals surface area contributed by atoms with Crippen LogP contribution in [0.1, 0.15) is 36.5 Å². The topological polar surface area (TPSA) is 86.8 Å². The van der Waals surface area contributed by atoms with E-state index in [0.29, 0.717) is 24.5 Å². The Morgan fingerprint density at radius 2 is 1.79 bits per heavy atom. The lowest BCUT2D eigenvalue weighted by Crippen LogP contribution is -2.39. The summed E-state index contributed by atoms with van der Waals surface area (Å²) in [5.41, 5.74) is 1.45. The number of rotatable bonds is 3. The molecule has 29 heavy (non-hydrogen) atoms. The molecule has 7 nitrogen and oxygen atoms in total. The van der Waals surface area contributed by atoms with Gasteiger partial charge < -0.3 is 10.2 Å². The first kappa shape index (κ1) is 19.6. The van der Waals surface area contributed by atoms with E-state index in [0.717, 1.165) is 12.8 Å². The van der Waals surface area contributed by atoms with Gasteiger partial charge in [0.05, 0.1) is 16.3 Å². The molecule has 0 aliphatic carbocycles. The van der Waals surface area contributed by atoms with Crippen LogP contribution < -0.4 is 10.2 Å². The van der Waals surface area contributed by atoms with Gasteiger partial charge in [0.2, 0.25) is 15.9 Å². The number of anilines is 2. The molecular weight excluding hydrogens is 390 g/mol. The third kappa shape index (κ3) is 3.65. The Balaban J connectivity index is 1.72. The summed E-state index contributed by atoms with van der Waals surface area (Å²) in [6.45, 7) is 2.82. The van der Waals surface area contributed by atoms with E-state index in [2.05, 4.69) is 5.32 Å². The highest BCUT2D eigenvalue weighted by atomic mass is 32.2. The summed E-state index contributed by atoms with van der Waals surface area (Å²) in [4.78, 5) is 27.3. The first-order valence-electron chi connectivity index (χ1n) is 9.70. The highest BCUT2D eigenvalue weighted by Gasteiger charge is 2.32. The van der Waals surface area contributed by atoms with E-state index in [1.54, 1.807) is 41.3 Å². The van der Waals surface area contributed by atoms with E-state index >= 15 is 0 Å². The van der Waals surface area contributed by atoms with Crippen LogP contribution in [-0.4, -0.2) is 43.7 Å². The molecule has 0 radical (unpaired) electrons. The van der Waals surface area contributed by atoms with Crippen LogP contribution in [0.25, 0.3) is 0 Å². The lowest BCUT2D eigenvalue weighted by Gasteiger charge is -2.28. The van der Waals surface area contributed by atoms with Crippen molar-refractivity contribution >= 4 is 33.2 Å². The summed E-state index contributed by atoms with van der Waals surface area (Å²) in [6, 6.07) is 12.9. The van der Waals surface area contributed by atoms with Crippen molar-refractivity contribution in [1.82, 2.24) is 4.31 Å². The van der Waals surface area contributed by atoms with Gasteiger partial charge in [0.25, 0.3) is 5.91 Å². The van der Waals surface area contributed by atoms with Gasteiger partial charge in [-0.05, 0) is 50.1 Å². The fourth-order valence-corrected chi connectivity index (χ4v) is 5.47. The lowest BCUT2D eigenvalue weighted by atomic mass is 10.1. The average Bonchev–Trinajstić information content (AvgIpc) is 3.21. The standard InChI is InChI=1S/C21H23N3O4S/c1-15-13-20(25)22-18-9-2-3-10-19(18)24(15)21(26)16-7-6-8-17(14-16)29(27,28)23-11-4-5-12-23/h2-3,6-10,14-15H,4-5,11-13H2,1H3,(H,22,25)/t15-/m0/s1. The van der Waals surface area contributed by atoms with Crippen molar-refractivity contribution in [3.63, 3.8) is 0 Å². The van der Waals surface area contributed by atoms with Crippen LogP contribution in [0.4, 0.5) is 11.4 Å². The number of sulfonamides is 1. The summed E-state index contributed by atoms with van der Waals surface area (Å²) >= 11 is 0. The second-order valence-corrected chi connectivity index (χ2v) is 9.37. The number of hydrogen-bond acceptors (Lipinski definition) is 4. The average molecular weight is 413 g/mol. The van der Waals surface area contributed by atoms with E-state index in [1.165, 1.54) is 16.4 Å². The molecule has 4 rings (SSSR count). The van der Waals surface area contributed by atoms with Gasteiger partial charge in [-0.1, -0.05) is 18.2 Å². The van der Waals surface area contributed by atoms with Gasteiger partial charge in [-0.3, -0.25) is 9.59 Å². The third-order valence-corrected chi connectivity index (χ3v) is 7.26. The predicted octanol–water partition coefficient (Wildman–Crippen LogP) is 2.85.